The van der Waals surface area contributed by atoms with Crippen LogP contribution in [0.4, 0.5) is 0 Å². The number of benzene rings is 1. The average molecular weight is 305 g/mol. The van der Waals surface area contributed by atoms with E-state index in [0.29, 0.717) is 18.8 Å². The molecule has 1 aromatic carbocycles. The van der Waals surface area contributed by atoms with E-state index < -0.39 is 0 Å². The van der Waals surface area contributed by atoms with Crippen molar-refractivity contribution in [3.05, 3.63) is 66.7 Å². The molecule has 1 aliphatic heterocycles. The van der Waals surface area contributed by atoms with E-state index in [4.69, 9.17) is 4.74 Å². The molecule has 0 saturated carbocycles. The second-order valence-electron chi connectivity index (χ2n) is 5.52. The van der Waals surface area contributed by atoms with E-state index >= 15 is 0 Å². The largest absolute Gasteiger partial charge is 0.485 e. The first kappa shape index (κ1) is 13.7. The minimum atomic E-state index is -0.0483. The number of carbonyl (C=O) groups excluding carboxylic acids is 1. The Labute approximate surface area is 133 Å². The van der Waals surface area contributed by atoms with Crippen LogP contribution >= 0.6 is 0 Å². The number of likely N-dealkylation sites (tertiary alicyclic amines) is 1. The Bertz CT molecular complexity index is 840. The van der Waals surface area contributed by atoms with Gasteiger partial charge in [-0.15, -0.1) is 0 Å². The summed E-state index contributed by atoms with van der Waals surface area (Å²) in [7, 11) is 0. The number of aromatic nitrogens is 2. The molecule has 0 N–H and O–H groups in total. The fourth-order valence-electron chi connectivity index (χ4n) is 2.73. The van der Waals surface area contributed by atoms with Gasteiger partial charge in [-0.05, 0) is 23.6 Å². The van der Waals surface area contributed by atoms with Crippen LogP contribution in [0.3, 0.4) is 0 Å². The summed E-state index contributed by atoms with van der Waals surface area (Å²) < 4.78 is 5.78. The van der Waals surface area contributed by atoms with Crippen LogP contribution in [0.2, 0.25) is 0 Å². The van der Waals surface area contributed by atoms with E-state index in [2.05, 4.69) is 9.97 Å². The maximum atomic E-state index is 12.6. The van der Waals surface area contributed by atoms with Crippen molar-refractivity contribution in [1.82, 2.24) is 14.9 Å². The quantitative estimate of drug-likeness (QED) is 0.746. The van der Waals surface area contributed by atoms with Gasteiger partial charge in [-0.2, -0.15) is 0 Å². The topological polar surface area (TPSA) is 55.3 Å². The molecular weight excluding hydrogens is 290 g/mol. The molecule has 5 heteroatoms. The zero-order valence-electron chi connectivity index (χ0n) is 12.4. The van der Waals surface area contributed by atoms with Crippen LogP contribution in [-0.4, -0.2) is 40.0 Å². The van der Waals surface area contributed by atoms with Gasteiger partial charge in [-0.3, -0.25) is 14.8 Å². The lowest BCUT2D eigenvalue weighted by molar-refractivity contribution is 0.0174. The molecule has 0 atom stereocenters. The predicted molar refractivity (Wildman–Crippen MR) is 86.3 cm³/mol. The lowest BCUT2D eigenvalue weighted by Gasteiger charge is -2.38. The van der Waals surface area contributed by atoms with Gasteiger partial charge < -0.3 is 9.64 Å². The summed E-state index contributed by atoms with van der Waals surface area (Å²) in [4.78, 5) is 22.7. The molecule has 114 valence electrons. The Morgan fingerprint density at radius 2 is 1.96 bits per heavy atom. The first-order chi connectivity index (χ1) is 11.3. The molecule has 1 amide bonds. The minimum Gasteiger partial charge on any atom is -0.485 e. The van der Waals surface area contributed by atoms with E-state index in [9.17, 15) is 4.79 Å². The third-order valence-electron chi connectivity index (χ3n) is 3.95. The Kier molecular flexibility index (Phi) is 3.38. The Morgan fingerprint density at radius 1 is 1.09 bits per heavy atom. The van der Waals surface area contributed by atoms with Crippen LogP contribution in [0.5, 0.6) is 5.75 Å². The summed E-state index contributed by atoms with van der Waals surface area (Å²) in [5.74, 6) is 0.681. The van der Waals surface area contributed by atoms with Crippen molar-refractivity contribution in [3.63, 3.8) is 0 Å². The number of pyridine rings is 2. The number of nitrogens with zero attached hydrogens (tertiary/aromatic N) is 3. The van der Waals surface area contributed by atoms with E-state index in [-0.39, 0.29) is 12.0 Å². The third-order valence-corrected chi connectivity index (χ3v) is 3.95. The van der Waals surface area contributed by atoms with Gasteiger partial charge in [0.25, 0.3) is 5.91 Å². The molecule has 1 fully saturated rings. The number of carbonyl (C=O) groups is 1. The highest BCUT2D eigenvalue weighted by Gasteiger charge is 2.34. The molecule has 4 rings (SSSR count). The summed E-state index contributed by atoms with van der Waals surface area (Å²) in [5.41, 5.74) is 0.503. The molecular formula is C18H15N3O2. The van der Waals surface area contributed by atoms with E-state index in [1.807, 2.05) is 42.5 Å². The number of hydrogen-bond donors (Lipinski definition) is 0. The minimum absolute atomic E-state index is 0.0122. The maximum absolute atomic E-state index is 12.6. The SMILES string of the molecule is O=C(c1nccc2ccccc12)N1CC(Oc2cccnc2)C1. The maximum Gasteiger partial charge on any atom is 0.273 e. The monoisotopic (exact) mass is 305 g/mol. The highest BCUT2D eigenvalue weighted by Crippen LogP contribution is 2.22. The fourth-order valence-corrected chi connectivity index (χ4v) is 2.73. The van der Waals surface area contributed by atoms with Crippen LogP contribution in [0.15, 0.2) is 61.1 Å². The molecule has 3 aromatic rings. The first-order valence-electron chi connectivity index (χ1n) is 7.51. The third kappa shape index (κ3) is 2.61. The molecule has 3 heterocycles. The normalized spacial score (nSPS) is 14.5. The van der Waals surface area contributed by atoms with E-state index in [1.165, 1.54) is 0 Å². The first-order valence-corrected chi connectivity index (χ1v) is 7.51. The number of rotatable bonds is 3. The summed E-state index contributed by atoms with van der Waals surface area (Å²) in [6.45, 7) is 1.14. The summed E-state index contributed by atoms with van der Waals surface area (Å²) in [6, 6.07) is 13.4. The van der Waals surface area contributed by atoms with Crippen LogP contribution < -0.4 is 4.74 Å². The molecule has 2 aromatic heterocycles. The second-order valence-corrected chi connectivity index (χ2v) is 5.52. The highest BCUT2D eigenvalue weighted by atomic mass is 16.5. The van der Waals surface area contributed by atoms with Gasteiger partial charge in [0.1, 0.15) is 17.5 Å². The summed E-state index contributed by atoms with van der Waals surface area (Å²) >= 11 is 0. The second kappa shape index (κ2) is 5.68. The van der Waals surface area contributed by atoms with Crippen molar-refractivity contribution < 1.29 is 9.53 Å². The zero-order chi connectivity index (χ0) is 15.6. The van der Waals surface area contributed by atoms with Crippen LogP contribution in [0.25, 0.3) is 10.8 Å². The number of amides is 1. The van der Waals surface area contributed by atoms with Crippen molar-refractivity contribution in [2.45, 2.75) is 6.10 Å². The van der Waals surface area contributed by atoms with Gasteiger partial charge in [0.15, 0.2) is 0 Å². The predicted octanol–water partition coefficient (Wildman–Crippen LogP) is 2.53. The molecule has 0 spiro atoms. The van der Waals surface area contributed by atoms with Crippen molar-refractivity contribution in [1.29, 1.82) is 0 Å². The molecule has 0 unspecified atom stereocenters. The van der Waals surface area contributed by atoms with Gasteiger partial charge in [-0.25, -0.2) is 0 Å². The zero-order valence-corrected chi connectivity index (χ0v) is 12.4. The van der Waals surface area contributed by atoms with Crippen LogP contribution in [0.1, 0.15) is 10.5 Å². The van der Waals surface area contributed by atoms with Crippen LogP contribution in [-0.2, 0) is 0 Å². The number of hydrogen-bond acceptors (Lipinski definition) is 4. The van der Waals surface area contributed by atoms with Crippen molar-refractivity contribution in [2.24, 2.45) is 0 Å². The van der Waals surface area contributed by atoms with Gasteiger partial charge in [0, 0.05) is 17.8 Å². The standard InChI is InChI=1S/C18H15N3O2/c22-18(17-16-6-2-1-4-13(16)7-9-20-17)21-11-15(12-21)23-14-5-3-8-19-10-14/h1-10,15H,11-12H2. The van der Waals surface area contributed by atoms with Crippen molar-refractivity contribution in [2.75, 3.05) is 13.1 Å². The van der Waals surface area contributed by atoms with E-state index in [1.54, 1.807) is 23.5 Å². The van der Waals surface area contributed by atoms with Crippen molar-refractivity contribution >= 4 is 16.7 Å². The molecule has 5 nitrogen and oxygen atoms in total. The highest BCUT2D eigenvalue weighted by molar-refractivity contribution is 6.05. The molecule has 0 radical (unpaired) electrons. The van der Waals surface area contributed by atoms with Gasteiger partial charge in [-0.1, -0.05) is 24.3 Å². The molecule has 0 bridgehead atoms. The van der Waals surface area contributed by atoms with Gasteiger partial charge in [0.2, 0.25) is 0 Å². The Hall–Kier alpha value is -2.95. The summed E-state index contributed by atoms with van der Waals surface area (Å²) in [5, 5.41) is 1.91. The fraction of sp³-hybridized carbons (Fsp3) is 0.167. The lowest BCUT2D eigenvalue weighted by atomic mass is 10.1. The lowest BCUT2D eigenvalue weighted by Crippen LogP contribution is -2.56. The molecule has 0 aliphatic carbocycles. The van der Waals surface area contributed by atoms with Crippen molar-refractivity contribution in [3.8, 4) is 5.75 Å². The van der Waals surface area contributed by atoms with Gasteiger partial charge in [0.05, 0.1) is 19.3 Å². The van der Waals surface area contributed by atoms with Crippen LogP contribution in [0, 0.1) is 0 Å². The molecule has 23 heavy (non-hydrogen) atoms. The number of fused-ring (bicyclic) bond motifs is 1. The number of ether oxygens (including phenoxy) is 1. The molecule has 1 aliphatic rings. The Morgan fingerprint density at radius 3 is 2.78 bits per heavy atom. The Balaban J connectivity index is 1.47. The average Bonchev–Trinajstić information content (AvgIpc) is 2.57. The molecule has 1 saturated heterocycles. The smallest absolute Gasteiger partial charge is 0.273 e. The van der Waals surface area contributed by atoms with Gasteiger partial charge >= 0.3 is 0 Å². The van der Waals surface area contributed by atoms with E-state index in [0.717, 1.165) is 16.5 Å². The summed E-state index contributed by atoms with van der Waals surface area (Å²) in [6.07, 6.45) is 5.07.